The lowest BCUT2D eigenvalue weighted by Crippen LogP contribution is -2.41. The summed E-state index contributed by atoms with van der Waals surface area (Å²) in [7, 11) is 0. The van der Waals surface area contributed by atoms with Crippen molar-refractivity contribution in [2.45, 2.75) is 38.5 Å². The zero-order valence-corrected chi connectivity index (χ0v) is 16.8. The molecule has 26 heavy (non-hydrogen) atoms. The normalized spacial score (nSPS) is 17.1. The predicted molar refractivity (Wildman–Crippen MR) is 108 cm³/mol. The van der Waals surface area contributed by atoms with E-state index in [0.717, 1.165) is 69.8 Å². The van der Waals surface area contributed by atoms with E-state index in [1.54, 1.807) is 0 Å². The van der Waals surface area contributed by atoms with Crippen molar-refractivity contribution in [3.05, 3.63) is 34.9 Å². The number of hydrogen-bond acceptors (Lipinski definition) is 3. The van der Waals surface area contributed by atoms with Crippen LogP contribution < -0.4 is 10.6 Å². The number of halogens is 1. The molecule has 2 rings (SSSR count). The number of rotatable bonds is 9. The number of aliphatic imine (C=N–C) groups is 1. The Morgan fingerprint density at radius 2 is 2.00 bits per heavy atom. The molecule has 0 aliphatic carbocycles. The summed E-state index contributed by atoms with van der Waals surface area (Å²) in [5, 5.41) is 7.55. The first-order valence-electron chi connectivity index (χ1n) is 9.64. The molecular formula is C20H32ClN3O2. The second kappa shape index (κ2) is 11.4. The van der Waals surface area contributed by atoms with Crippen LogP contribution in [0, 0.1) is 0 Å². The van der Waals surface area contributed by atoms with Crippen molar-refractivity contribution in [3.8, 4) is 0 Å². The van der Waals surface area contributed by atoms with E-state index in [1.165, 1.54) is 5.56 Å². The van der Waals surface area contributed by atoms with Gasteiger partial charge in [-0.25, -0.2) is 0 Å². The molecule has 6 heteroatoms. The predicted octanol–water partition coefficient (Wildman–Crippen LogP) is 3.37. The van der Waals surface area contributed by atoms with E-state index in [-0.39, 0.29) is 5.41 Å². The maximum atomic E-state index is 6.52. The van der Waals surface area contributed by atoms with E-state index < -0.39 is 0 Å². The van der Waals surface area contributed by atoms with Crippen LogP contribution in [0.1, 0.15) is 38.7 Å². The van der Waals surface area contributed by atoms with E-state index in [0.29, 0.717) is 6.54 Å². The molecule has 1 fully saturated rings. The molecule has 146 valence electrons. The van der Waals surface area contributed by atoms with Gasteiger partial charge >= 0.3 is 0 Å². The molecule has 0 radical (unpaired) electrons. The van der Waals surface area contributed by atoms with E-state index in [2.05, 4.69) is 29.7 Å². The van der Waals surface area contributed by atoms with Crippen molar-refractivity contribution in [2.24, 2.45) is 4.99 Å². The van der Waals surface area contributed by atoms with Gasteiger partial charge in [-0.2, -0.15) is 0 Å². The molecule has 1 aliphatic heterocycles. The van der Waals surface area contributed by atoms with Gasteiger partial charge in [0.05, 0.1) is 6.54 Å². The van der Waals surface area contributed by atoms with Gasteiger partial charge in [-0.3, -0.25) is 4.99 Å². The summed E-state index contributed by atoms with van der Waals surface area (Å²) in [6.07, 6.45) is 2.83. The average Bonchev–Trinajstić information content (AvgIpc) is 2.67. The third-order valence-electron chi connectivity index (χ3n) is 4.74. The number of guanidine groups is 1. The Labute approximate surface area is 162 Å². The van der Waals surface area contributed by atoms with Crippen LogP contribution in [0.2, 0.25) is 5.02 Å². The fraction of sp³-hybridized carbons (Fsp3) is 0.650. The second-order valence-electron chi connectivity index (χ2n) is 6.54. The minimum atomic E-state index is -0.0652. The summed E-state index contributed by atoms with van der Waals surface area (Å²) in [4.78, 5) is 4.88. The zero-order valence-electron chi connectivity index (χ0n) is 16.0. The molecule has 1 saturated heterocycles. The summed E-state index contributed by atoms with van der Waals surface area (Å²) in [6.45, 7) is 9.49. The highest BCUT2D eigenvalue weighted by atomic mass is 35.5. The molecule has 0 unspecified atom stereocenters. The molecule has 2 N–H and O–H groups in total. The van der Waals surface area contributed by atoms with E-state index >= 15 is 0 Å². The maximum Gasteiger partial charge on any atom is 0.191 e. The summed E-state index contributed by atoms with van der Waals surface area (Å²) >= 11 is 6.52. The Kier molecular flexibility index (Phi) is 9.23. The minimum Gasteiger partial charge on any atom is -0.382 e. The van der Waals surface area contributed by atoms with E-state index in [4.69, 9.17) is 26.1 Å². The van der Waals surface area contributed by atoms with Crippen molar-refractivity contribution in [2.75, 3.05) is 46.1 Å². The van der Waals surface area contributed by atoms with Gasteiger partial charge in [0.15, 0.2) is 5.96 Å². The molecule has 0 aromatic heterocycles. The Morgan fingerprint density at radius 1 is 1.23 bits per heavy atom. The van der Waals surface area contributed by atoms with Crippen LogP contribution in [0.4, 0.5) is 0 Å². The van der Waals surface area contributed by atoms with Gasteiger partial charge in [-0.15, -0.1) is 0 Å². The fourth-order valence-corrected chi connectivity index (χ4v) is 3.60. The smallest absolute Gasteiger partial charge is 0.191 e. The second-order valence-corrected chi connectivity index (χ2v) is 6.95. The van der Waals surface area contributed by atoms with Gasteiger partial charge in [0.1, 0.15) is 0 Å². The van der Waals surface area contributed by atoms with Crippen molar-refractivity contribution in [1.82, 2.24) is 10.6 Å². The standard InChI is InChI=1S/C20H32ClN3O2/c1-3-22-19(23-12-7-13-25-4-2)24-16-20(10-14-26-15-11-20)17-8-5-6-9-18(17)21/h5-6,8-9H,3-4,7,10-16H2,1-2H3,(H2,22,23,24). The van der Waals surface area contributed by atoms with Crippen molar-refractivity contribution in [3.63, 3.8) is 0 Å². The minimum absolute atomic E-state index is 0.0652. The quantitative estimate of drug-likeness (QED) is 0.391. The lowest BCUT2D eigenvalue weighted by molar-refractivity contribution is 0.0531. The molecule has 0 atom stereocenters. The van der Waals surface area contributed by atoms with Gasteiger partial charge in [0.2, 0.25) is 0 Å². The van der Waals surface area contributed by atoms with Crippen LogP contribution in [0.25, 0.3) is 0 Å². The molecule has 1 aliphatic rings. The lowest BCUT2D eigenvalue weighted by Gasteiger charge is -2.37. The first kappa shape index (κ1) is 21.0. The highest BCUT2D eigenvalue weighted by Gasteiger charge is 2.36. The average molecular weight is 382 g/mol. The molecule has 1 aromatic rings. The molecule has 5 nitrogen and oxygen atoms in total. The zero-order chi connectivity index (χ0) is 18.7. The van der Waals surface area contributed by atoms with Crippen molar-refractivity contribution >= 4 is 17.6 Å². The summed E-state index contributed by atoms with van der Waals surface area (Å²) in [5.74, 6) is 0.849. The van der Waals surface area contributed by atoms with Gasteiger partial charge in [0.25, 0.3) is 0 Å². The first-order valence-corrected chi connectivity index (χ1v) is 10.0. The van der Waals surface area contributed by atoms with Gasteiger partial charge in [0, 0.05) is 50.0 Å². The Balaban J connectivity index is 2.07. The van der Waals surface area contributed by atoms with Crippen molar-refractivity contribution in [1.29, 1.82) is 0 Å². The summed E-state index contributed by atoms with van der Waals surface area (Å²) < 4.78 is 11.0. The molecular weight excluding hydrogens is 350 g/mol. The molecule has 0 saturated carbocycles. The number of hydrogen-bond donors (Lipinski definition) is 2. The topological polar surface area (TPSA) is 54.9 Å². The van der Waals surface area contributed by atoms with Crippen molar-refractivity contribution < 1.29 is 9.47 Å². The molecule has 0 amide bonds. The largest absolute Gasteiger partial charge is 0.382 e. The van der Waals surface area contributed by atoms with E-state index in [9.17, 15) is 0 Å². The lowest BCUT2D eigenvalue weighted by atomic mass is 9.74. The number of nitrogens with zero attached hydrogens (tertiary/aromatic N) is 1. The van der Waals surface area contributed by atoms with Crippen LogP contribution in [0.3, 0.4) is 0 Å². The summed E-state index contributed by atoms with van der Waals surface area (Å²) in [6, 6.07) is 8.13. The molecule has 1 heterocycles. The van der Waals surface area contributed by atoms with E-state index in [1.807, 2.05) is 19.1 Å². The van der Waals surface area contributed by atoms with Crippen LogP contribution in [-0.2, 0) is 14.9 Å². The van der Waals surface area contributed by atoms with Gasteiger partial charge in [-0.05, 0) is 44.7 Å². The monoisotopic (exact) mass is 381 g/mol. The molecule has 0 bridgehead atoms. The third-order valence-corrected chi connectivity index (χ3v) is 5.07. The Bertz CT molecular complexity index is 560. The third kappa shape index (κ3) is 6.15. The highest BCUT2D eigenvalue weighted by Crippen LogP contribution is 2.38. The molecule has 0 spiro atoms. The highest BCUT2D eigenvalue weighted by molar-refractivity contribution is 6.31. The SMILES string of the molecule is CCNC(=NCC1(c2ccccc2Cl)CCOCC1)NCCCOCC. The van der Waals surface area contributed by atoms with Crippen LogP contribution in [0.5, 0.6) is 0 Å². The summed E-state index contributed by atoms with van der Waals surface area (Å²) in [5.41, 5.74) is 1.12. The number of ether oxygens (including phenoxy) is 2. The van der Waals surface area contributed by atoms with Crippen LogP contribution >= 0.6 is 11.6 Å². The Morgan fingerprint density at radius 3 is 2.69 bits per heavy atom. The maximum absolute atomic E-state index is 6.52. The number of benzene rings is 1. The fourth-order valence-electron chi connectivity index (χ4n) is 3.26. The van der Waals surface area contributed by atoms with Gasteiger partial charge in [-0.1, -0.05) is 29.8 Å². The first-order chi connectivity index (χ1) is 12.7. The number of nitrogens with one attached hydrogen (secondary N) is 2. The van der Waals surface area contributed by atoms with Gasteiger partial charge < -0.3 is 20.1 Å². The van der Waals surface area contributed by atoms with Crippen LogP contribution in [0.15, 0.2) is 29.3 Å². The Hall–Kier alpha value is -1.30. The van der Waals surface area contributed by atoms with Crippen LogP contribution in [-0.4, -0.2) is 52.0 Å². The molecule has 1 aromatic carbocycles.